The molecular formula is C19H18N2O3S. The molecule has 3 rings (SSSR count). The van der Waals surface area contributed by atoms with Gasteiger partial charge >= 0.3 is 5.97 Å². The van der Waals surface area contributed by atoms with Crippen LogP contribution in [0.15, 0.2) is 54.6 Å². The van der Waals surface area contributed by atoms with E-state index in [9.17, 15) is 4.79 Å². The maximum Gasteiger partial charge on any atom is 0.350 e. The van der Waals surface area contributed by atoms with Crippen molar-refractivity contribution >= 4 is 28.1 Å². The second-order valence-corrected chi connectivity index (χ2v) is 6.32. The molecule has 0 atom stereocenters. The van der Waals surface area contributed by atoms with Crippen molar-refractivity contribution in [2.24, 2.45) is 0 Å². The van der Waals surface area contributed by atoms with Gasteiger partial charge in [-0.1, -0.05) is 53.8 Å². The average Bonchev–Trinajstić information content (AvgIpc) is 3.01. The van der Waals surface area contributed by atoms with E-state index in [-0.39, 0.29) is 12.6 Å². The van der Waals surface area contributed by atoms with E-state index in [1.54, 1.807) is 14.0 Å². The zero-order chi connectivity index (χ0) is 17.6. The highest BCUT2D eigenvalue weighted by Gasteiger charge is 2.17. The second-order valence-electron chi connectivity index (χ2n) is 5.32. The molecule has 25 heavy (non-hydrogen) atoms. The molecule has 0 fully saturated rings. The number of nitrogens with one attached hydrogen (secondary N) is 1. The van der Waals surface area contributed by atoms with Crippen LogP contribution in [-0.4, -0.2) is 18.1 Å². The van der Waals surface area contributed by atoms with Crippen LogP contribution in [0.4, 0.5) is 10.8 Å². The fraction of sp³-hybridized carbons (Fsp3) is 0.158. The van der Waals surface area contributed by atoms with Crippen molar-refractivity contribution < 1.29 is 14.3 Å². The van der Waals surface area contributed by atoms with Crippen molar-refractivity contribution in [2.75, 3.05) is 12.4 Å². The number of carbonyl (C=O) groups is 1. The Hall–Kier alpha value is -2.86. The third-order valence-corrected chi connectivity index (χ3v) is 4.60. The van der Waals surface area contributed by atoms with Crippen molar-refractivity contribution in [3.05, 3.63) is 70.7 Å². The molecule has 1 N–H and O–H groups in total. The number of esters is 1. The summed E-state index contributed by atoms with van der Waals surface area (Å²) in [7, 11) is 1.61. The number of aromatic nitrogens is 1. The fourth-order valence-electron chi connectivity index (χ4n) is 2.29. The molecule has 0 amide bonds. The van der Waals surface area contributed by atoms with Crippen LogP contribution < -0.4 is 10.1 Å². The van der Waals surface area contributed by atoms with Crippen LogP contribution in [0.3, 0.4) is 0 Å². The first-order valence-corrected chi connectivity index (χ1v) is 8.57. The third kappa shape index (κ3) is 4.16. The van der Waals surface area contributed by atoms with E-state index in [0.717, 1.165) is 11.3 Å². The zero-order valence-corrected chi connectivity index (χ0v) is 14.8. The molecule has 1 aromatic heterocycles. The van der Waals surface area contributed by atoms with Gasteiger partial charge in [0.15, 0.2) is 5.13 Å². The van der Waals surface area contributed by atoms with E-state index >= 15 is 0 Å². The standard InChI is InChI=1S/C19H18N2O3S/c1-13-17(18(22)24-12-14-8-4-3-5-9-14)25-19(20-13)21-15-10-6-7-11-16(15)23-2/h3-11H,12H2,1-2H3,(H,20,21). The summed E-state index contributed by atoms with van der Waals surface area (Å²) < 4.78 is 10.7. The minimum Gasteiger partial charge on any atom is -0.495 e. The van der Waals surface area contributed by atoms with Gasteiger partial charge in [-0.25, -0.2) is 9.78 Å². The van der Waals surface area contributed by atoms with Gasteiger partial charge in [0.2, 0.25) is 0 Å². The molecule has 1 heterocycles. The van der Waals surface area contributed by atoms with Gasteiger partial charge in [0, 0.05) is 0 Å². The number of aryl methyl sites for hydroxylation is 1. The van der Waals surface area contributed by atoms with E-state index < -0.39 is 0 Å². The number of hydrogen-bond donors (Lipinski definition) is 1. The Bertz CT molecular complexity index is 862. The summed E-state index contributed by atoms with van der Waals surface area (Å²) >= 11 is 1.26. The van der Waals surface area contributed by atoms with Crippen LogP contribution in [0.2, 0.25) is 0 Å². The summed E-state index contributed by atoms with van der Waals surface area (Å²) in [6.45, 7) is 2.04. The third-order valence-electron chi connectivity index (χ3n) is 3.54. The number of benzene rings is 2. The first kappa shape index (κ1) is 17.0. The Morgan fingerprint density at radius 2 is 1.84 bits per heavy atom. The Morgan fingerprint density at radius 3 is 2.60 bits per heavy atom. The SMILES string of the molecule is COc1ccccc1Nc1nc(C)c(C(=O)OCc2ccccc2)s1. The number of para-hydroxylation sites is 2. The molecule has 2 aromatic carbocycles. The predicted octanol–water partition coefficient (Wildman–Crippen LogP) is 4.56. The van der Waals surface area contributed by atoms with Crippen molar-refractivity contribution in [1.82, 2.24) is 4.98 Å². The van der Waals surface area contributed by atoms with Crippen LogP contribution >= 0.6 is 11.3 Å². The summed E-state index contributed by atoms with van der Waals surface area (Å²) in [5.74, 6) is 0.343. The van der Waals surface area contributed by atoms with Crippen molar-refractivity contribution in [3.8, 4) is 5.75 Å². The van der Waals surface area contributed by atoms with Gasteiger partial charge in [0.05, 0.1) is 18.5 Å². The molecule has 0 aliphatic carbocycles. The number of rotatable bonds is 6. The van der Waals surface area contributed by atoms with Crippen LogP contribution in [-0.2, 0) is 11.3 Å². The minimum absolute atomic E-state index is 0.242. The van der Waals surface area contributed by atoms with Crippen molar-refractivity contribution in [1.29, 1.82) is 0 Å². The van der Waals surface area contributed by atoms with Crippen LogP contribution in [0, 0.1) is 6.92 Å². The molecule has 0 aliphatic heterocycles. The van der Waals surface area contributed by atoms with Gasteiger partial charge in [-0.2, -0.15) is 0 Å². The van der Waals surface area contributed by atoms with E-state index in [4.69, 9.17) is 9.47 Å². The van der Waals surface area contributed by atoms with Gasteiger partial charge in [0.25, 0.3) is 0 Å². The molecule has 0 aliphatic rings. The monoisotopic (exact) mass is 354 g/mol. The second kappa shape index (κ2) is 7.81. The Balaban J connectivity index is 1.70. The summed E-state index contributed by atoms with van der Waals surface area (Å²) in [5, 5.41) is 3.81. The molecule has 128 valence electrons. The van der Waals surface area contributed by atoms with E-state index in [1.165, 1.54) is 11.3 Å². The molecule has 0 saturated carbocycles. The molecule has 0 unspecified atom stereocenters. The van der Waals surface area contributed by atoms with Gasteiger partial charge in [-0.15, -0.1) is 0 Å². The van der Waals surface area contributed by atoms with Gasteiger partial charge in [-0.3, -0.25) is 0 Å². The van der Waals surface area contributed by atoms with Gasteiger partial charge in [0.1, 0.15) is 17.2 Å². The molecule has 0 radical (unpaired) electrons. The average molecular weight is 354 g/mol. The fourth-order valence-corrected chi connectivity index (χ4v) is 3.16. The number of anilines is 2. The largest absolute Gasteiger partial charge is 0.495 e. The molecule has 6 heteroatoms. The molecule has 5 nitrogen and oxygen atoms in total. The molecular weight excluding hydrogens is 336 g/mol. The lowest BCUT2D eigenvalue weighted by Gasteiger charge is -2.07. The number of thiazole rings is 1. The lowest BCUT2D eigenvalue weighted by molar-refractivity contribution is 0.0477. The first-order chi connectivity index (χ1) is 12.2. The summed E-state index contributed by atoms with van der Waals surface area (Å²) in [4.78, 5) is 17.2. The molecule has 0 bridgehead atoms. The summed E-state index contributed by atoms with van der Waals surface area (Å²) in [6, 6.07) is 17.1. The normalized spacial score (nSPS) is 10.3. The number of hydrogen-bond acceptors (Lipinski definition) is 6. The quantitative estimate of drug-likeness (QED) is 0.658. The molecule has 0 spiro atoms. The number of nitrogens with zero attached hydrogens (tertiary/aromatic N) is 1. The Morgan fingerprint density at radius 1 is 1.12 bits per heavy atom. The minimum atomic E-state index is -0.369. The molecule has 3 aromatic rings. The van der Waals surface area contributed by atoms with E-state index in [2.05, 4.69) is 10.3 Å². The van der Waals surface area contributed by atoms with Crippen molar-refractivity contribution in [3.63, 3.8) is 0 Å². The van der Waals surface area contributed by atoms with Crippen LogP contribution in [0.1, 0.15) is 20.9 Å². The first-order valence-electron chi connectivity index (χ1n) is 7.76. The lowest BCUT2D eigenvalue weighted by Crippen LogP contribution is -2.04. The number of ether oxygens (including phenoxy) is 2. The highest BCUT2D eigenvalue weighted by Crippen LogP contribution is 2.31. The highest BCUT2D eigenvalue weighted by molar-refractivity contribution is 7.17. The maximum absolute atomic E-state index is 12.3. The van der Waals surface area contributed by atoms with Crippen LogP contribution in [0.25, 0.3) is 0 Å². The zero-order valence-electron chi connectivity index (χ0n) is 14.0. The number of methoxy groups -OCH3 is 1. The van der Waals surface area contributed by atoms with Gasteiger partial charge < -0.3 is 14.8 Å². The predicted molar refractivity (Wildman–Crippen MR) is 98.7 cm³/mol. The Kier molecular flexibility index (Phi) is 5.30. The lowest BCUT2D eigenvalue weighted by atomic mass is 10.2. The van der Waals surface area contributed by atoms with Crippen LogP contribution in [0.5, 0.6) is 5.75 Å². The topological polar surface area (TPSA) is 60.5 Å². The smallest absolute Gasteiger partial charge is 0.350 e. The van der Waals surface area contributed by atoms with E-state index in [0.29, 0.717) is 21.5 Å². The summed E-state index contributed by atoms with van der Waals surface area (Å²) in [6.07, 6.45) is 0. The highest BCUT2D eigenvalue weighted by atomic mass is 32.1. The van der Waals surface area contributed by atoms with Crippen molar-refractivity contribution in [2.45, 2.75) is 13.5 Å². The number of carbonyl (C=O) groups excluding carboxylic acids is 1. The Labute approximate surface area is 150 Å². The maximum atomic E-state index is 12.3. The van der Waals surface area contributed by atoms with Gasteiger partial charge in [-0.05, 0) is 24.6 Å². The summed E-state index contributed by atoms with van der Waals surface area (Å²) in [5.41, 5.74) is 2.38. The molecule has 0 saturated heterocycles. The van der Waals surface area contributed by atoms with E-state index in [1.807, 2.05) is 54.6 Å².